The van der Waals surface area contributed by atoms with E-state index >= 15 is 0 Å². The van der Waals surface area contributed by atoms with Gasteiger partial charge in [-0.2, -0.15) is 0 Å². The van der Waals surface area contributed by atoms with Crippen molar-refractivity contribution in [1.82, 2.24) is 9.97 Å². The van der Waals surface area contributed by atoms with Gasteiger partial charge in [0, 0.05) is 34.6 Å². The maximum Gasteiger partial charge on any atom is 0.237 e. The van der Waals surface area contributed by atoms with Crippen molar-refractivity contribution < 1.29 is 13.2 Å². The molecule has 1 amide bonds. The van der Waals surface area contributed by atoms with E-state index in [0.29, 0.717) is 29.2 Å². The molecule has 2 heterocycles. The van der Waals surface area contributed by atoms with E-state index in [4.69, 9.17) is 11.6 Å². The number of nitrogens with zero attached hydrogens (tertiary/aromatic N) is 2. The average molecular weight is 477 g/mol. The van der Waals surface area contributed by atoms with Crippen LogP contribution in [0.4, 0.5) is 10.8 Å². The highest BCUT2D eigenvalue weighted by Gasteiger charge is 2.37. The Labute approximate surface area is 189 Å². The van der Waals surface area contributed by atoms with Crippen LogP contribution in [0.1, 0.15) is 32.4 Å². The van der Waals surface area contributed by atoms with Crippen LogP contribution < -0.4 is 10.0 Å². The zero-order valence-electron chi connectivity index (χ0n) is 16.9. The lowest BCUT2D eigenvalue weighted by Gasteiger charge is -2.22. The highest BCUT2D eigenvalue weighted by molar-refractivity contribution is 7.93. The molecule has 0 atom stereocenters. The van der Waals surface area contributed by atoms with Crippen molar-refractivity contribution in [1.29, 1.82) is 0 Å². The molecule has 1 aliphatic carbocycles. The number of aromatic nitrogens is 2. The van der Waals surface area contributed by atoms with Crippen molar-refractivity contribution >= 4 is 49.7 Å². The van der Waals surface area contributed by atoms with Gasteiger partial charge < -0.3 is 5.32 Å². The molecule has 0 spiro atoms. The first-order valence-corrected chi connectivity index (χ1v) is 12.5. The zero-order valence-corrected chi connectivity index (χ0v) is 19.3. The lowest BCUT2D eigenvalue weighted by atomic mass is 9.89. The number of pyridine rings is 1. The molecule has 2 N–H and O–H groups in total. The minimum Gasteiger partial charge on any atom is -0.325 e. The number of halogens is 1. The maximum atomic E-state index is 13.0. The van der Waals surface area contributed by atoms with Gasteiger partial charge in [-0.15, -0.1) is 11.3 Å². The summed E-state index contributed by atoms with van der Waals surface area (Å²) in [5, 5.41) is 5.00. The Morgan fingerprint density at radius 3 is 2.68 bits per heavy atom. The SMILES string of the molecule is CC(C)(C(=O)Nc1ccc(-c2cccnc2)c(Cl)c1)c1csc(NS(=O)(=O)C2CC2)n1. The van der Waals surface area contributed by atoms with E-state index in [1.807, 2.05) is 18.2 Å². The minimum absolute atomic E-state index is 0.270. The fraction of sp³-hybridized carbons (Fsp3) is 0.286. The highest BCUT2D eigenvalue weighted by Crippen LogP contribution is 2.34. The molecule has 1 aromatic carbocycles. The number of amides is 1. The van der Waals surface area contributed by atoms with Crippen LogP contribution in [0.2, 0.25) is 5.02 Å². The Balaban J connectivity index is 1.48. The standard InChI is InChI=1S/C21H21ClN4O3S2/c1-21(2,18-12-30-20(25-18)26-31(28,29)15-6-7-15)19(27)24-14-5-8-16(17(22)10-14)13-4-3-9-23-11-13/h3-5,8-12,15H,6-7H2,1-2H3,(H,24,27)(H,25,26). The van der Waals surface area contributed by atoms with Gasteiger partial charge in [0.2, 0.25) is 15.9 Å². The smallest absolute Gasteiger partial charge is 0.237 e. The van der Waals surface area contributed by atoms with E-state index in [1.165, 1.54) is 11.3 Å². The Kier molecular flexibility index (Phi) is 5.76. The predicted octanol–water partition coefficient (Wildman–Crippen LogP) is 4.68. The summed E-state index contributed by atoms with van der Waals surface area (Å²) in [5.41, 5.74) is 1.77. The number of hydrogen-bond acceptors (Lipinski definition) is 6. The fourth-order valence-corrected chi connectivity index (χ4v) is 5.71. The maximum absolute atomic E-state index is 13.0. The first-order chi connectivity index (χ1) is 14.7. The minimum atomic E-state index is -3.39. The molecule has 0 radical (unpaired) electrons. The van der Waals surface area contributed by atoms with E-state index in [-0.39, 0.29) is 16.3 Å². The van der Waals surface area contributed by atoms with E-state index in [0.717, 1.165) is 11.1 Å². The third kappa shape index (κ3) is 4.73. The van der Waals surface area contributed by atoms with Gasteiger partial charge in [-0.05, 0) is 44.9 Å². The highest BCUT2D eigenvalue weighted by atomic mass is 35.5. The first kappa shape index (κ1) is 21.7. The first-order valence-electron chi connectivity index (χ1n) is 9.66. The van der Waals surface area contributed by atoms with Gasteiger partial charge in [-0.3, -0.25) is 14.5 Å². The number of hydrogen-bond donors (Lipinski definition) is 2. The number of carbonyl (C=O) groups is 1. The molecule has 4 rings (SSSR count). The quantitative estimate of drug-likeness (QED) is 0.515. The Hall–Kier alpha value is -2.49. The fourth-order valence-electron chi connectivity index (χ4n) is 2.94. The largest absolute Gasteiger partial charge is 0.325 e. The number of benzene rings is 1. The monoisotopic (exact) mass is 476 g/mol. The van der Waals surface area contributed by atoms with Crippen LogP contribution in [0.15, 0.2) is 48.1 Å². The topological polar surface area (TPSA) is 101 Å². The van der Waals surface area contributed by atoms with Crippen molar-refractivity contribution in [2.24, 2.45) is 0 Å². The summed E-state index contributed by atoms with van der Waals surface area (Å²) in [4.78, 5) is 21.4. The van der Waals surface area contributed by atoms with Gasteiger partial charge in [0.1, 0.15) is 0 Å². The second-order valence-corrected chi connectivity index (χ2v) is 11.1. The number of rotatable bonds is 7. The summed E-state index contributed by atoms with van der Waals surface area (Å²) in [7, 11) is -3.39. The molecule has 3 aromatic rings. The molecule has 1 fully saturated rings. The van der Waals surface area contributed by atoms with Crippen LogP contribution in [0.5, 0.6) is 0 Å². The second kappa shape index (κ2) is 8.22. The van der Waals surface area contributed by atoms with Gasteiger partial charge in [-0.25, -0.2) is 13.4 Å². The molecular formula is C21H21ClN4O3S2. The van der Waals surface area contributed by atoms with Crippen molar-refractivity contribution in [3.63, 3.8) is 0 Å². The predicted molar refractivity (Wildman–Crippen MR) is 124 cm³/mol. The van der Waals surface area contributed by atoms with Gasteiger partial charge in [0.15, 0.2) is 5.13 Å². The zero-order chi connectivity index (χ0) is 22.2. The number of anilines is 2. The van der Waals surface area contributed by atoms with Crippen LogP contribution in [-0.2, 0) is 20.2 Å². The molecule has 7 nitrogen and oxygen atoms in total. The number of thiazole rings is 1. The van der Waals surface area contributed by atoms with Gasteiger partial charge in [0.05, 0.1) is 21.4 Å². The molecule has 10 heteroatoms. The Bertz CT molecular complexity index is 1220. The lowest BCUT2D eigenvalue weighted by molar-refractivity contribution is -0.120. The molecule has 0 saturated heterocycles. The summed E-state index contributed by atoms with van der Waals surface area (Å²) in [6, 6.07) is 9.03. The van der Waals surface area contributed by atoms with Gasteiger partial charge in [-0.1, -0.05) is 23.7 Å². The Morgan fingerprint density at radius 1 is 1.26 bits per heavy atom. The summed E-state index contributed by atoms with van der Waals surface area (Å²) in [6.07, 6.45) is 4.75. The number of carbonyl (C=O) groups excluding carboxylic acids is 1. The van der Waals surface area contributed by atoms with E-state index in [1.54, 1.807) is 43.8 Å². The van der Waals surface area contributed by atoms with Crippen molar-refractivity contribution in [3.05, 3.63) is 58.8 Å². The van der Waals surface area contributed by atoms with Crippen molar-refractivity contribution in [3.8, 4) is 11.1 Å². The van der Waals surface area contributed by atoms with Crippen LogP contribution in [0.3, 0.4) is 0 Å². The van der Waals surface area contributed by atoms with Gasteiger partial charge in [0.25, 0.3) is 0 Å². The normalized spacial score (nSPS) is 14.3. The molecule has 31 heavy (non-hydrogen) atoms. The molecule has 1 aliphatic rings. The molecule has 162 valence electrons. The third-order valence-electron chi connectivity index (χ3n) is 5.10. The summed E-state index contributed by atoms with van der Waals surface area (Å²) in [6.45, 7) is 3.48. The Morgan fingerprint density at radius 2 is 2.03 bits per heavy atom. The molecule has 1 saturated carbocycles. The molecule has 0 aliphatic heterocycles. The van der Waals surface area contributed by atoms with Crippen LogP contribution in [0.25, 0.3) is 11.1 Å². The average Bonchev–Trinajstić information content (AvgIpc) is 3.49. The number of sulfonamides is 1. The van der Waals surface area contributed by atoms with E-state index in [9.17, 15) is 13.2 Å². The summed E-state index contributed by atoms with van der Waals surface area (Å²) < 4.78 is 26.8. The van der Waals surface area contributed by atoms with Gasteiger partial charge >= 0.3 is 0 Å². The summed E-state index contributed by atoms with van der Waals surface area (Å²) in [5.74, 6) is -0.278. The number of nitrogens with one attached hydrogen (secondary N) is 2. The van der Waals surface area contributed by atoms with E-state index < -0.39 is 15.4 Å². The van der Waals surface area contributed by atoms with E-state index in [2.05, 4.69) is 20.0 Å². The van der Waals surface area contributed by atoms with Crippen molar-refractivity contribution in [2.45, 2.75) is 37.4 Å². The van der Waals surface area contributed by atoms with Crippen LogP contribution >= 0.6 is 22.9 Å². The third-order valence-corrected chi connectivity index (χ3v) is 8.13. The van der Waals surface area contributed by atoms with Crippen LogP contribution in [-0.4, -0.2) is 29.5 Å². The molecule has 2 aromatic heterocycles. The summed E-state index contributed by atoms with van der Waals surface area (Å²) >= 11 is 7.58. The molecular weight excluding hydrogens is 456 g/mol. The second-order valence-electron chi connectivity index (χ2n) is 7.90. The van der Waals surface area contributed by atoms with Crippen molar-refractivity contribution in [2.75, 3.05) is 10.0 Å². The van der Waals surface area contributed by atoms with Crippen LogP contribution in [0, 0.1) is 0 Å². The molecule has 0 bridgehead atoms. The molecule has 0 unspecified atom stereocenters. The lowest BCUT2D eigenvalue weighted by Crippen LogP contribution is -2.35.